The van der Waals surface area contributed by atoms with E-state index in [9.17, 15) is 10.1 Å². The van der Waals surface area contributed by atoms with Crippen LogP contribution >= 0.6 is 0 Å². The Bertz CT molecular complexity index is 496. The molecule has 1 aliphatic heterocycles. The molecule has 1 aromatic carbocycles. The molecular formula is C13H17N3O3. The Kier molecular flexibility index (Phi) is 3.02. The van der Waals surface area contributed by atoms with E-state index in [1.54, 1.807) is 18.2 Å². The lowest BCUT2D eigenvalue weighted by molar-refractivity contribution is -0.384. The second-order valence-corrected chi connectivity index (χ2v) is 5.00. The van der Waals surface area contributed by atoms with Crippen molar-refractivity contribution in [3.05, 3.63) is 28.3 Å². The van der Waals surface area contributed by atoms with E-state index in [4.69, 9.17) is 4.74 Å². The van der Waals surface area contributed by atoms with Gasteiger partial charge in [0.2, 0.25) is 0 Å². The number of benzene rings is 1. The second kappa shape index (κ2) is 4.70. The lowest BCUT2D eigenvalue weighted by Gasteiger charge is -2.11. The van der Waals surface area contributed by atoms with E-state index in [1.807, 2.05) is 6.92 Å². The number of para-hydroxylation sites is 1. The zero-order valence-electron chi connectivity index (χ0n) is 10.8. The van der Waals surface area contributed by atoms with Gasteiger partial charge in [0.1, 0.15) is 5.69 Å². The summed E-state index contributed by atoms with van der Waals surface area (Å²) in [6, 6.07) is 5.54. The molecule has 6 nitrogen and oxygen atoms in total. The quantitative estimate of drug-likeness (QED) is 0.623. The van der Waals surface area contributed by atoms with Gasteiger partial charge in [-0.2, -0.15) is 0 Å². The number of fused-ring (bicyclic) bond motifs is 1. The van der Waals surface area contributed by atoms with Crippen LogP contribution in [0.3, 0.4) is 0 Å². The highest BCUT2D eigenvalue weighted by molar-refractivity contribution is 5.69. The molecule has 1 saturated carbocycles. The molecule has 0 amide bonds. The molecule has 2 atom stereocenters. The molecule has 0 spiro atoms. The minimum Gasteiger partial charge on any atom is -0.487 e. The van der Waals surface area contributed by atoms with Gasteiger partial charge >= 0.3 is 5.69 Å². The molecule has 2 N–H and O–H groups in total. The third-order valence-corrected chi connectivity index (χ3v) is 3.90. The van der Waals surface area contributed by atoms with Crippen LogP contribution in [-0.2, 0) is 0 Å². The number of nitrogens with one attached hydrogen (secondary N) is 2. The highest BCUT2D eigenvalue weighted by Crippen LogP contribution is 2.46. The fourth-order valence-corrected chi connectivity index (χ4v) is 2.91. The zero-order chi connectivity index (χ0) is 13.4. The molecular weight excluding hydrogens is 246 g/mol. The number of nitro benzene ring substituents is 1. The Morgan fingerprint density at radius 1 is 1.47 bits per heavy atom. The fraction of sp³-hybridized carbons (Fsp3) is 0.538. The van der Waals surface area contributed by atoms with Crippen LogP contribution in [0.5, 0.6) is 5.75 Å². The van der Waals surface area contributed by atoms with E-state index in [1.165, 1.54) is 0 Å². The molecule has 2 unspecified atom stereocenters. The van der Waals surface area contributed by atoms with Crippen molar-refractivity contribution in [1.29, 1.82) is 0 Å². The zero-order valence-corrected chi connectivity index (χ0v) is 10.8. The van der Waals surface area contributed by atoms with E-state index >= 15 is 0 Å². The van der Waals surface area contributed by atoms with E-state index in [-0.39, 0.29) is 10.6 Å². The van der Waals surface area contributed by atoms with E-state index in [0.29, 0.717) is 35.9 Å². The molecule has 2 fully saturated rings. The lowest BCUT2D eigenvalue weighted by atomic mass is 10.2. The van der Waals surface area contributed by atoms with Gasteiger partial charge in [-0.3, -0.25) is 10.1 Å². The van der Waals surface area contributed by atoms with E-state index in [0.717, 1.165) is 13.1 Å². The van der Waals surface area contributed by atoms with Gasteiger partial charge in [-0.1, -0.05) is 6.07 Å². The van der Waals surface area contributed by atoms with Gasteiger partial charge < -0.3 is 15.4 Å². The van der Waals surface area contributed by atoms with Gasteiger partial charge in [-0.15, -0.1) is 0 Å². The maximum Gasteiger partial charge on any atom is 0.333 e. The first-order valence-corrected chi connectivity index (χ1v) is 6.59. The van der Waals surface area contributed by atoms with Gasteiger partial charge in [0.25, 0.3) is 0 Å². The van der Waals surface area contributed by atoms with Crippen molar-refractivity contribution < 1.29 is 9.66 Å². The Labute approximate surface area is 111 Å². The van der Waals surface area contributed by atoms with Crippen LogP contribution in [0.1, 0.15) is 6.92 Å². The molecule has 6 heteroatoms. The maximum absolute atomic E-state index is 11.2. The second-order valence-electron chi connectivity index (χ2n) is 5.00. The number of nitro groups is 1. The number of hydrogen-bond donors (Lipinski definition) is 2. The lowest BCUT2D eigenvalue weighted by Crippen LogP contribution is -2.21. The summed E-state index contributed by atoms with van der Waals surface area (Å²) >= 11 is 0. The predicted octanol–water partition coefficient (Wildman–Crippen LogP) is 1.62. The predicted molar refractivity (Wildman–Crippen MR) is 71.5 cm³/mol. The number of ether oxygens (including phenoxy) is 1. The third kappa shape index (κ3) is 2.12. The van der Waals surface area contributed by atoms with Crippen LogP contribution in [0.15, 0.2) is 18.2 Å². The third-order valence-electron chi connectivity index (χ3n) is 3.90. The van der Waals surface area contributed by atoms with Crippen molar-refractivity contribution in [2.45, 2.75) is 13.0 Å². The number of nitrogens with zero attached hydrogens (tertiary/aromatic N) is 1. The van der Waals surface area contributed by atoms with Crippen LogP contribution < -0.4 is 15.4 Å². The SMILES string of the molecule is CCOc1cccc(NC2C3CNCC32)c1[N+](=O)[O-]. The summed E-state index contributed by atoms with van der Waals surface area (Å²) in [6.07, 6.45) is 0. The fourth-order valence-electron chi connectivity index (χ4n) is 2.91. The molecule has 19 heavy (non-hydrogen) atoms. The van der Waals surface area contributed by atoms with E-state index in [2.05, 4.69) is 10.6 Å². The van der Waals surface area contributed by atoms with Crippen LogP contribution in [0.2, 0.25) is 0 Å². The molecule has 1 aromatic rings. The first-order chi connectivity index (χ1) is 9.22. The summed E-state index contributed by atoms with van der Waals surface area (Å²) < 4.78 is 5.34. The minimum atomic E-state index is -0.371. The van der Waals surface area contributed by atoms with Crippen LogP contribution in [-0.4, -0.2) is 30.7 Å². The van der Waals surface area contributed by atoms with Crippen molar-refractivity contribution in [3.8, 4) is 5.75 Å². The molecule has 102 valence electrons. The average molecular weight is 263 g/mol. The summed E-state index contributed by atoms with van der Waals surface area (Å²) in [4.78, 5) is 10.9. The van der Waals surface area contributed by atoms with Crippen molar-refractivity contribution in [2.24, 2.45) is 11.8 Å². The average Bonchev–Trinajstić information content (AvgIpc) is 2.83. The van der Waals surface area contributed by atoms with Crippen molar-refractivity contribution >= 4 is 11.4 Å². The van der Waals surface area contributed by atoms with Crippen LogP contribution in [0.25, 0.3) is 0 Å². The monoisotopic (exact) mass is 263 g/mol. The molecule has 2 aliphatic rings. The van der Waals surface area contributed by atoms with E-state index < -0.39 is 0 Å². The smallest absolute Gasteiger partial charge is 0.333 e. The number of hydrogen-bond acceptors (Lipinski definition) is 5. The van der Waals surface area contributed by atoms with Crippen LogP contribution in [0, 0.1) is 22.0 Å². The standard InChI is InChI=1S/C13H17N3O3/c1-2-19-11-5-3-4-10(13(11)16(17)18)15-12-8-6-14-7-9(8)12/h3-5,8-9,12,14-15H,2,6-7H2,1H3. The van der Waals surface area contributed by atoms with Gasteiger partial charge in [0, 0.05) is 19.1 Å². The molecule has 3 rings (SSSR count). The Hall–Kier alpha value is -1.82. The van der Waals surface area contributed by atoms with Gasteiger partial charge in [-0.25, -0.2) is 0 Å². The van der Waals surface area contributed by atoms with Gasteiger partial charge in [0.15, 0.2) is 5.75 Å². The summed E-state index contributed by atoms with van der Waals surface area (Å²) in [5, 5.41) is 17.9. The molecule has 0 aromatic heterocycles. The molecule has 0 bridgehead atoms. The minimum absolute atomic E-state index is 0.0438. The first kappa shape index (κ1) is 12.2. The van der Waals surface area contributed by atoms with Crippen molar-refractivity contribution in [3.63, 3.8) is 0 Å². The topological polar surface area (TPSA) is 76.4 Å². The first-order valence-electron chi connectivity index (χ1n) is 6.59. The summed E-state index contributed by atoms with van der Waals surface area (Å²) in [7, 11) is 0. The number of rotatable bonds is 5. The maximum atomic E-state index is 11.2. The summed E-state index contributed by atoms with van der Waals surface area (Å²) in [6.45, 7) is 4.24. The Balaban J connectivity index is 1.83. The normalized spacial score (nSPS) is 27.7. The number of piperidine rings is 1. The largest absolute Gasteiger partial charge is 0.487 e. The van der Waals surface area contributed by atoms with Crippen LogP contribution in [0.4, 0.5) is 11.4 Å². The summed E-state index contributed by atoms with van der Waals surface area (Å²) in [5.41, 5.74) is 0.609. The van der Waals surface area contributed by atoms with Gasteiger partial charge in [0.05, 0.1) is 11.5 Å². The summed E-state index contributed by atoms with van der Waals surface area (Å²) in [5.74, 6) is 1.55. The highest BCUT2D eigenvalue weighted by Gasteiger charge is 2.53. The highest BCUT2D eigenvalue weighted by atomic mass is 16.6. The molecule has 1 heterocycles. The Morgan fingerprint density at radius 3 is 2.84 bits per heavy atom. The molecule has 1 aliphatic carbocycles. The Morgan fingerprint density at radius 2 is 2.21 bits per heavy atom. The number of anilines is 1. The van der Waals surface area contributed by atoms with Crippen molar-refractivity contribution in [1.82, 2.24) is 5.32 Å². The molecule has 0 radical (unpaired) electrons. The van der Waals surface area contributed by atoms with Gasteiger partial charge in [-0.05, 0) is 30.9 Å². The van der Waals surface area contributed by atoms with Crippen molar-refractivity contribution in [2.75, 3.05) is 25.0 Å². The molecule has 1 saturated heterocycles.